The fraction of sp³-hybridized carbons (Fsp3) is 0.0625. The van der Waals surface area contributed by atoms with Crippen molar-refractivity contribution in [3.63, 3.8) is 0 Å². The van der Waals surface area contributed by atoms with Crippen molar-refractivity contribution in [1.82, 2.24) is 4.57 Å². The first kappa shape index (κ1) is 14.5. The second kappa shape index (κ2) is 5.38. The third kappa shape index (κ3) is 2.67. The molecule has 2 nitrogen and oxygen atoms in total. The molecule has 1 heterocycles. The van der Waals surface area contributed by atoms with Crippen LogP contribution in [0.1, 0.15) is 15.9 Å². The molecule has 21 heavy (non-hydrogen) atoms. The van der Waals surface area contributed by atoms with E-state index in [9.17, 15) is 4.79 Å². The lowest BCUT2D eigenvalue weighted by Crippen LogP contribution is -2.00. The van der Waals surface area contributed by atoms with Gasteiger partial charge in [0.15, 0.2) is 5.78 Å². The number of carbonyl (C=O) groups is 1. The van der Waals surface area contributed by atoms with Crippen molar-refractivity contribution < 1.29 is 4.79 Å². The highest BCUT2D eigenvalue weighted by Gasteiger charge is 2.17. The first-order valence-electron chi connectivity index (χ1n) is 6.21. The topological polar surface area (TPSA) is 22.0 Å². The Balaban J connectivity index is 2.18. The van der Waals surface area contributed by atoms with Crippen LogP contribution in [0.2, 0.25) is 15.1 Å². The van der Waals surface area contributed by atoms with Crippen LogP contribution >= 0.6 is 34.8 Å². The Morgan fingerprint density at radius 1 is 0.952 bits per heavy atom. The van der Waals surface area contributed by atoms with Crippen LogP contribution in [0.5, 0.6) is 0 Å². The van der Waals surface area contributed by atoms with Gasteiger partial charge in [0, 0.05) is 50.3 Å². The number of hydrogen-bond acceptors (Lipinski definition) is 1. The molecule has 0 bridgehead atoms. The third-order valence-corrected chi connectivity index (χ3v) is 3.99. The molecule has 106 valence electrons. The van der Waals surface area contributed by atoms with Crippen molar-refractivity contribution in [2.24, 2.45) is 7.05 Å². The molecule has 0 aliphatic carbocycles. The Bertz CT molecular complexity index is 847. The van der Waals surface area contributed by atoms with Crippen LogP contribution in [0.25, 0.3) is 10.9 Å². The minimum atomic E-state index is -0.118. The summed E-state index contributed by atoms with van der Waals surface area (Å²) < 4.78 is 1.88. The maximum Gasteiger partial charge on any atom is 0.195 e. The molecule has 0 radical (unpaired) electrons. The van der Waals surface area contributed by atoms with E-state index < -0.39 is 0 Å². The quantitative estimate of drug-likeness (QED) is 0.576. The summed E-state index contributed by atoms with van der Waals surface area (Å²) in [6.07, 6.45) is 1.79. The molecule has 0 saturated heterocycles. The lowest BCUT2D eigenvalue weighted by molar-refractivity contribution is 0.104. The summed E-state index contributed by atoms with van der Waals surface area (Å²) in [5, 5.41) is 2.36. The average Bonchev–Trinajstić information content (AvgIpc) is 2.74. The van der Waals surface area contributed by atoms with E-state index in [1.165, 1.54) is 0 Å². The first-order chi connectivity index (χ1) is 9.95. The van der Waals surface area contributed by atoms with Gasteiger partial charge in [-0.25, -0.2) is 0 Å². The number of rotatable bonds is 2. The Morgan fingerprint density at radius 3 is 2.29 bits per heavy atom. The smallest absolute Gasteiger partial charge is 0.195 e. The minimum Gasteiger partial charge on any atom is -0.350 e. The molecule has 0 amide bonds. The van der Waals surface area contributed by atoms with Crippen molar-refractivity contribution in [3.05, 3.63) is 68.8 Å². The maximum absolute atomic E-state index is 12.7. The lowest BCUT2D eigenvalue weighted by Gasteiger charge is -2.02. The lowest BCUT2D eigenvalue weighted by atomic mass is 10.0. The number of ketones is 1. The average molecular weight is 339 g/mol. The zero-order chi connectivity index (χ0) is 15.1. The molecular weight excluding hydrogens is 329 g/mol. The Hall–Kier alpha value is -1.48. The second-order valence-electron chi connectivity index (χ2n) is 4.80. The van der Waals surface area contributed by atoms with Crippen LogP contribution in [0.4, 0.5) is 0 Å². The molecule has 2 aromatic carbocycles. The molecule has 0 spiro atoms. The number of aryl methyl sites for hydroxylation is 1. The van der Waals surface area contributed by atoms with E-state index in [2.05, 4.69) is 0 Å². The highest BCUT2D eigenvalue weighted by atomic mass is 35.5. The SMILES string of the molecule is Cn1cc(C(=O)c2cc(Cl)cc(Cl)c2)c2ccc(Cl)cc21. The van der Waals surface area contributed by atoms with Gasteiger partial charge in [-0.15, -0.1) is 0 Å². The molecule has 0 atom stereocenters. The number of aromatic nitrogens is 1. The minimum absolute atomic E-state index is 0.118. The van der Waals surface area contributed by atoms with Gasteiger partial charge in [0.2, 0.25) is 0 Å². The maximum atomic E-state index is 12.7. The largest absolute Gasteiger partial charge is 0.350 e. The van der Waals surface area contributed by atoms with Gasteiger partial charge in [0.25, 0.3) is 0 Å². The summed E-state index contributed by atoms with van der Waals surface area (Å²) in [4.78, 5) is 12.7. The normalized spacial score (nSPS) is 11.0. The number of hydrogen-bond donors (Lipinski definition) is 0. The predicted octanol–water partition coefficient (Wildman–Crippen LogP) is 5.37. The van der Waals surface area contributed by atoms with Gasteiger partial charge < -0.3 is 4.57 Å². The summed E-state index contributed by atoms with van der Waals surface area (Å²) in [6.45, 7) is 0. The second-order valence-corrected chi connectivity index (χ2v) is 6.11. The zero-order valence-corrected chi connectivity index (χ0v) is 13.3. The van der Waals surface area contributed by atoms with E-state index in [1.54, 1.807) is 30.5 Å². The summed E-state index contributed by atoms with van der Waals surface area (Å²) in [6, 6.07) is 10.3. The van der Waals surface area contributed by atoms with E-state index >= 15 is 0 Å². The summed E-state index contributed by atoms with van der Waals surface area (Å²) >= 11 is 17.9. The van der Waals surface area contributed by atoms with Crippen LogP contribution < -0.4 is 0 Å². The number of benzene rings is 2. The molecule has 1 aromatic heterocycles. The van der Waals surface area contributed by atoms with Crippen LogP contribution in [0.15, 0.2) is 42.6 Å². The fourth-order valence-corrected chi connectivity index (χ4v) is 3.07. The highest BCUT2D eigenvalue weighted by Crippen LogP contribution is 2.27. The Kier molecular flexibility index (Phi) is 3.70. The van der Waals surface area contributed by atoms with Gasteiger partial charge in [0.1, 0.15) is 0 Å². The van der Waals surface area contributed by atoms with Crippen LogP contribution in [-0.4, -0.2) is 10.4 Å². The molecule has 0 fully saturated rings. The molecule has 3 aromatic rings. The monoisotopic (exact) mass is 337 g/mol. The van der Waals surface area contributed by atoms with Gasteiger partial charge in [-0.1, -0.05) is 40.9 Å². The van der Waals surface area contributed by atoms with Crippen molar-refractivity contribution in [2.75, 3.05) is 0 Å². The molecule has 0 aliphatic rings. The Labute approximate surface area is 136 Å². The molecule has 0 saturated carbocycles. The number of fused-ring (bicyclic) bond motifs is 1. The van der Waals surface area contributed by atoms with Crippen LogP contribution in [0.3, 0.4) is 0 Å². The van der Waals surface area contributed by atoms with E-state index in [0.29, 0.717) is 26.2 Å². The highest BCUT2D eigenvalue weighted by molar-refractivity contribution is 6.35. The van der Waals surface area contributed by atoms with Gasteiger partial charge >= 0.3 is 0 Å². The number of nitrogens with zero attached hydrogens (tertiary/aromatic N) is 1. The standard InChI is InChI=1S/C16H10Cl3NO/c1-20-8-14(13-3-2-10(17)7-15(13)20)16(21)9-4-11(18)6-12(19)5-9/h2-8H,1H3. The van der Waals surface area contributed by atoms with E-state index in [-0.39, 0.29) is 5.78 Å². The van der Waals surface area contributed by atoms with Gasteiger partial charge in [-0.3, -0.25) is 4.79 Å². The van der Waals surface area contributed by atoms with Gasteiger partial charge in [-0.2, -0.15) is 0 Å². The van der Waals surface area contributed by atoms with Crippen molar-refractivity contribution >= 4 is 51.5 Å². The molecule has 3 rings (SSSR count). The third-order valence-electron chi connectivity index (χ3n) is 3.32. The van der Waals surface area contributed by atoms with Crippen molar-refractivity contribution in [1.29, 1.82) is 0 Å². The van der Waals surface area contributed by atoms with Crippen LogP contribution in [-0.2, 0) is 7.05 Å². The van der Waals surface area contributed by atoms with E-state index in [0.717, 1.165) is 10.9 Å². The van der Waals surface area contributed by atoms with Gasteiger partial charge in [-0.05, 0) is 30.3 Å². The van der Waals surface area contributed by atoms with Crippen LogP contribution in [0, 0.1) is 0 Å². The first-order valence-corrected chi connectivity index (χ1v) is 7.34. The number of carbonyl (C=O) groups excluding carboxylic acids is 1. The molecular formula is C16H10Cl3NO. The fourth-order valence-electron chi connectivity index (χ4n) is 2.38. The zero-order valence-electron chi connectivity index (χ0n) is 11.0. The van der Waals surface area contributed by atoms with Crippen molar-refractivity contribution in [3.8, 4) is 0 Å². The van der Waals surface area contributed by atoms with E-state index in [4.69, 9.17) is 34.8 Å². The molecule has 0 aliphatic heterocycles. The summed E-state index contributed by atoms with van der Waals surface area (Å²) in [5.74, 6) is -0.118. The predicted molar refractivity (Wildman–Crippen MR) is 87.8 cm³/mol. The van der Waals surface area contributed by atoms with Gasteiger partial charge in [0.05, 0.1) is 0 Å². The summed E-state index contributed by atoms with van der Waals surface area (Å²) in [5.41, 5.74) is 1.97. The Morgan fingerprint density at radius 2 is 1.62 bits per heavy atom. The van der Waals surface area contributed by atoms with Crippen molar-refractivity contribution in [2.45, 2.75) is 0 Å². The molecule has 0 N–H and O–H groups in total. The van der Waals surface area contributed by atoms with E-state index in [1.807, 2.05) is 23.7 Å². The summed E-state index contributed by atoms with van der Waals surface area (Å²) in [7, 11) is 1.88. The molecule has 5 heteroatoms. The molecule has 0 unspecified atom stereocenters. The number of halogens is 3.